The van der Waals surface area contributed by atoms with Crippen LogP contribution in [0.2, 0.25) is 0 Å². The van der Waals surface area contributed by atoms with Gasteiger partial charge in [0.15, 0.2) is 6.29 Å². The van der Waals surface area contributed by atoms with Crippen molar-refractivity contribution in [2.45, 2.75) is 172 Å². The summed E-state index contributed by atoms with van der Waals surface area (Å²) in [6.45, 7) is 14.2. The van der Waals surface area contributed by atoms with Crippen LogP contribution in [0.1, 0.15) is 69.2 Å². The highest BCUT2D eigenvalue weighted by atomic mass is 32.2. The van der Waals surface area contributed by atoms with Crippen LogP contribution in [-0.4, -0.2) is 165 Å². The molecule has 492 valence electrons. The summed E-state index contributed by atoms with van der Waals surface area (Å²) < 4.78 is 191. The third kappa shape index (κ3) is 21.9. The number of amides is 4. The molecule has 0 saturated carbocycles. The maximum absolute atomic E-state index is 13.0. The van der Waals surface area contributed by atoms with E-state index in [1.54, 1.807) is 71.2 Å². The van der Waals surface area contributed by atoms with E-state index in [1.807, 2.05) is 23.5 Å². The van der Waals surface area contributed by atoms with Gasteiger partial charge in [-0.25, -0.2) is 0 Å². The van der Waals surface area contributed by atoms with Crippen molar-refractivity contribution >= 4 is 47.3 Å². The first-order valence-corrected chi connectivity index (χ1v) is 27.5. The maximum Gasteiger partial charge on any atom is 0.471 e. The first kappa shape index (κ1) is 75.2. The van der Waals surface area contributed by atoms with E-state index in [0.29, 0.717) is 0 Å². The second-order valence-electron chi connectivity index (χ2n) is 21.0. The zero-order chi connectivity index (χ0) is 66.3. The minimum atomic E-state index is -5.21. The minimum Gasteiger partial charge on any atom is -0.434 e. The van der Waals surface area contributed by atoms with Crippen LogP contribution in [0, 0.1) is 47.3 Å². The molecule has 1 aromatic rings. The highest BCUT2D eigenvalue weighted by Gasteiger charge is 2.53. The van der Waals surface area contributed by atoms with Crippen molar-refractivity contribution in [1.29, 1.82) is 0 Å². The molecule has 4 aliphatic heterocycles. The molecule has 37 heteroatoms. The standard InChI is InChI=1S/C22H31F6N5O7.C16H19F3N4O2S.C12H18F3NO5/c1-8-10(3)15(31-19(35)21(23,24)25)17(39-13(8)6-30-33-29)37-7-14-9(2)11(4)16(18(40-14)38-12(5)34)32-20(36)22(26,27)28;1-9-10(2)13(22-15(24)16(17,18)19)14(25-12(9)8-21-23-20)26-11-6-4-3-5-7-11;1-5-6(2)9(16-11(19)12(13,14)15)10(20-7(3)18)21-8(5)4-17/h8-11,13-18H,6-7H2,1-5H3,(H,31,35)(H,32,36);3-7,9-10,12-14H,8H2,1-2H3,(H,22,24);5-6,8-10,17H,4H2,1-3H3,(H,16,19)/t8-,9-,10-,11-,13?,14?,15?,16?,17+,18+;9-,10-,12?,13?,14-;5-,6-,8?,9?,10+/m000/s1. The number of rotatable bonds is 16. The van der Waals surface area contributed by atoms with Crippen LogP contribution >= 0.6 is 11.8 Å². The molecule has 24 nitrogen and oxygen atoms in total. The summed E-state index contributed by atoms with van der Waals surface area (Å²) in [5, 5.41) is 23.7. The number of benzene rings is 1. The first-order valence-electron chi connectivity index (χ1n) is 26.6. The number of aliphatic hydroxyl groups excluding tert-OH is 1. The van der Waals surface area contributed by atoms with Crippen molar-refractivity contribution in [3.8, 4) is 0 Å². The third-order valence-electron chi connectivity index (χ3n) is 15.4. The number of azide groups is 2. The van der Waals surface area contributed by atoms with Gasteiger partial charge in [0.05, 0.1) is 74.9 Å². The fourth-order valence-corrected chi connectivity index (χ4v) is 10.8. The largest absolute Gasteiger partial charge is 0.471 e. The zero-order valence-electron chi connectivity index (χ0n) is 48.1. The molecule has 0 radical (unpaired) electrons. The Bertz CT molecular complexity index is 2570. The summed E-state index contributed by atoms with van der Waals surface area (Å²) in [6, 6.07) is 4.37. The Labute approximate surface area is 494 Å². The van der Waals surface area contributed by atoms with Crippen molar-refractivity contribution in [1.82, 2.24) is 21.3 Å². The Morgan fingerprint density at radius 2 is 0.828 bits per heavy atom. The second kappa shape index (κ2) is 32.4. The SMILES string of the molecule is CC(=O)O[C@@H]1OC(CO)[C@@H](C)[C@H](C)C1NC(=O)C(F)(F)F.CC(=O)O[C@@H]1OC(CO[C@@H]2OC(CN=[N+]=[N-])[C@@H](C)[C@H](C)C2NC(=O)C(F)(F)F)[C@@H](C)[C@H](C)C1NC(=O)C(F)(F)F.C[C@@H]1C(CN=[N+]=[N-])O[C@@H](Sc2ccccc2)C(NC(=O)C(F)(F)F)[C@H]1C. The smallest absolute Gasteiger partial charge is 0.434 e. The number of nitrogens with zero attached hydrogens (tertiary/aromatic N) is 6. The van der Waals surface area contributed by atoms with Gasteiger partial charge in [0.25, 0.3) is 0 Å². The molecule has 4 heterocycles. The fraction of sp³-hybridized carbons (Fsp3) is 0.760. The lowest BCUT2D eigenvalue weighted by Gasteiger charge is -2.46. The number of thioether (sulfide) groups is 1. The Kier molecular flexibility index (Phi) is 28.0. The average molecular weight is 1290 g/mol. The maximum atomic E-state index is 13.0. The number of halogens is 12. The van der Waals surface area contributed by atoms with Gasteiger partial charge in [0.2, 0.25) is 12.6 Å². The van der Waals surface area contributed by atoms with E-state index < -0.39 is 169 Å². The highest BCUT2D eigenvalue weighted by molar-refractivity contribution is 7.99. The van der Waals surface area contributed by atoms with Gasteiger partial charge in [0, 0.05) is 28.6 Å². The normalized spacial score (nSPS) is 32.7. The van der Waals surface area contributed by atoms with Gasteiger partial charge in [-0.15, -0.1) is 0 Å². The van der Waals surface area contributed by atoms with Gasteiger partial charge in [-0.05, 0) is 70.5 Å². The summed E-state index contributed by atoms with van der Waals surface area (Å²) in [7, 11) is 0. The number of aliphatic hydroxyl groups is 1. The second-order valence-corrected chi connectivity index (χ2v) is 22.2. The quantitative estimate of drug-likeness (QED) is 0.0348. The molecule has 4 aliphatic rings. The zero-order valence-corrected chi connectivity index (χ0v) is 49.0. The Morgan fingerprint density at radius 1 is 0.506 bits per heavy atom. The molecule has 0 spiro atoms. The lowest BCUT2D eigenvalue weighted by atomic mass is 9.81. The Hall–Kier alpha value is -6.07. The minimum absolute atomic E-state index is 0.0772. The number of carbonyl (C=O) groups excluding carboxylic acids is 6. The van der Waals surface area contributed by atoms with E-state index in [9.17, 15) is 86.6 Å². The van der Waals surface area contributed by atoms with Crippen molar-refractivity contribution in [2.75, 3.05) is 26.3 Å². The van der Waals surface area contributed by atoms with Gasteiger partial charge < -0.3 is 59.5 Å². The summed E-state index contributed by atoms with van der Waals surface area (Å²) in [4.78, 5) is 74.6. The predicted molar refractivity (Wildman–Crippen MR) is 277 cm³/mol. The van der Waals surface area contributed by atoms with Gasteiger partial charge in [-0.3, -0.25) is 28.8 Å². The topological polar surface area (TPSA) is 333 Å². The molecule has 4 amide bonds. The number of nitrogens with one attached hydrogen (secondary N) is 4. The van der Waals surface area contributed by atoms with E-state index in [2.05, 4.69) is 25.4 Å². The fourth-order valence-electron chi connectivity index (χ4n) is 9.56. The Morgan fingerprint density at radius 3 is 1.20 bits per heavy atom. The van der Waals surface area contributed by atoms with Crippen LogP contribution < -0.4 is 21.3 Å². The monoisotopic (exact) mass is 1290 g/mol. The molecule has 1 aromatic carbocycles. The molecule has 4 fully saturated rings. The lowest BCUT2D eigenvalue weighted by Crippen LogP contribution is -2.62. The molecule has 87 heavy (non-hydrogen) atoms. The first-order chi connectivity index (χ1) is 40.2. The van der Waals surface area contributed by atoms with Gasteiger partial charge >= 0.3 is 60.3 Å². The molecule has 8 unspecified atom stereocenters. The summed E-state index contributed by atoms with van der Waals surface area (Å²) in [5.41, 5.74) is 16.4. The van der Waals surface area contributed by atoms with E-state index in [-0.39, 0.29) is 37.5 Å². The van der Waals surface area contributed by atoms with Crippen molar-refractivity contribution in [3.05, 3.63) is 51.2 Å². The van der Waals surface area contributed by atoms with E-state index in [4.69, 9.17) is 44.2 Å². The predicted octanol–water partition coefficient (Wildman–Crippen LogP) is 7.68. The van der Waals surface area contributed by atoms with Crippen molar-refractivity contribution in [3.63, 3.8) is 0 Å². The molecule has 0 bridgehead atoms. The molecule has 20 atom stereocenters. The van der Waals surface area contributed by atoms with Crippen LogP contribution in [-0.2, 0) is 61.9 Å². The Balaban J connectivity index is 0.000000363. The molecular weight excluding hydrogens is 1220 g/mol. The number of carbonyl (C=O) groups is 6. The number of hydrogen-bond donors (Lipinski definition) is 5. The summed E-state index contributed by atoms with van der Waals surface area (Å²) in [6.07, 6.45) is -27.8. The molecule has 0 aromatic heterocycles. The number of esters is 2. The molecule has 5 N–H and O–H groups in total. The van der Waals surface area contributed by atoms with Crippen LogP contribution in [0.25, 0.3) is 20.9 Å². The molecule has 0 aliphatic carbocycles. The van der Waals surface area contributed by atoms with Crippen molar-refractivity contribution < 1.29 is 120 Å². The number of ether oxygens (including phenoxy) is 7. The van der Waals surface area contributed by atoms with Crippen LogP contribution in [0.4, 0.5) is 52.7 Å². The van der Waals surface area contributed by atoms with Gasteiger partial charge in [-0.1, -0.05) is 95.6 Å². The molecule has 4 saturated heterocycles. The summed E-state index contributed by atoms with van der Waals surface area (Å²) in [5.74, 6) is -14.1. The van der Waals surface area contributed by atoms with Crippen LogP contribution in [0.3, 0.4) is 0 Å². The van der Waals surface area contributed by atoms with Crippen molar-refractivity contribution in [2.24, 2.45) is 57.6 Å². The van der Waals surface area contributed by atoms with Gasteiger partial charge in [0.1, 0.15) is 5.44 Å². The van der Waals surface area contributed by atoms with E-state index >= 15 is 0 Å². The molecule has 5 rings (SSSR count). The number of alkyl halides is 12. The highest BCUT2D eigenvalue weighted by Crippen LogP contribution is 2.40. The van der Waals surface area contributed by atoms with Gasteiger partial charge in [-0.2, -0.15) is 52.7 Å². The summed E-state index contributed by atoms with van der Waals surface area (Å²) >= 11 is 1.23. The number of hydrogen-bond acceptors (Lipinski definition) is 17. The molecular formula is C50H68F12N10O14S. The van der Waals surface area contributed by atoms with E-state index in [1.165, 1.54) is 18.7 Å². The van der Waals surface area contributed by atoms with E-state index in [0.717, 1.165) is 18.7 Å². The average Bonchev–Trinajstić information content (AvgIpc) is 2.54. The third-order valence-corrected chi connectivity index (χ3v) is 16.6. The lowest BCUT2D eigenvalue weighted by molar-refractivity contribution is -0.273. The van der Waals surface area contributed by atoms with Crippen LogP contribution in [0.5, 0.6) is 0 Å². The van der Waals surface area contributed by atoms with Crippen LogP contribution in [0.15, 0.2) is 45.5 Å².